The van der Waals surface area contributed by atoms with Crippen LogP contribution in [0.15, 0.2) is 18.2 Å². The summed E-state index contributed by atoms with van der Waals surface area (Å²) in [6.07, 6.45) is 3.60. The number of non-ortho nitro benzene ring substituents is 1. The predicted molar refractivity (Wildman–Crippen MR) is 77.9 cm³/mol. The lowest BCUT2D eigenvalue weighted by Gasteiger charge is -2.34. The van der Waals surface area contributed by atoms with Gasteiger partial charge in [0.1, 0.15) is 0 Å². The van der Waals surface area contributed by atoms with Crippen LogP contribution in [0, 0.1) is 16.0 Å². The highest BCUT2D eigenvalue weighted by Gasteiger charge is 2.20. The molecule has 0 saturated carbocycles. The molecule has 1 aliphatic heterocycles. The Hall–Kier alpha value is -1.78. The Morgan fingerprint density at radius 3 is 2.89 bits per heavy atom. The van der Waals surface area contributed by atoms with Gasteiger partial charge in [0.25, 0.3) is 5.69 Å². The molecule has 1 atom stereocenters. The lowest BCUT2D eigenvalue weighted by molar-refractivity contribution is -0.384. The highest BCUT2D eigenvalue weighted by atomic mass is 16.6. The van der Waals surface area contributed by atoms with E-state index in [1.54, 1.807) is 19.2 Å². The highest BCUT2D eigenvalue weighted by molar-refractivity contribution is 5.64. The van der Waals surface area contributed by atoms with E-state index in [1.165, 1.54) is 12.8 Å². The van der Waals surface area contributed by atoms with Crippen molar-refractivity contribution in [1.82, 2.24) is 0 Å². The molecule has 5 heteroatoms. The topological polar surface area (TPSA) is 58.4 Å². The first-order chi connectivity index (χ1) is 9.13. The molecule has 1 aromatic carbocycles. The summed E-state index contributed by atoms with van der Waals surface area (Å²) in [5, 5.41) is 14.0. The number of nitrogens with one attached hydrogen (secondary N) is 1. The van der Waals surface area contributed by atoms with Crippen molar-refractivity contribution in [3.8, 4) is 0 Å². The zero-order chi connectivity index (χ0) is 13.8. The molecule has 104 valence electrons. The van der Waals surface area contributed by atoms with E-state index in [0.717, 1.165) is 30.9 Å². The van der Waals surface area contributed by atoms with Gasteiger partial charge in [-0.25, -0.2) is 0 Å². The lowest BCUT2D eigenvalue weighted by atomic mass is 9.95. The average Bonchev–Trinajstić information content (AvgIpc) is 2.46. The fraction of sp³-hybridized carbons (Fsp3) is 0.571. The standard InChI is InChI=1S/C14H21N3O2/c1-3-11-5-4-6-16(10-11)13-7-12(15-2)8-14(9-13)17(18)19/h7-9,11,15H,3-6,10H2,1-2H3. The van der Waals surface area contributed by atoms with Crippen LogP contribution in [0.3, 0.4) is 0 Å². The van der Waals surface area contributed by atoms with E-state index < -0.39 is 0 Å². The van der Waals surface area contributed by atoms with Crippen LogP contribution in [-0.4, -0.2) is 25.1 Å². The van der Waals surface area contributed by atoms with E-state index in [4.69, 9.17) is 0 Å². The Morgan fingerprint density at radius 1 is 1.47 bits per heavy atom. The zero-order valence-corrected chi connectivity index (χ0v) is 11.6. The van der Waals surface area contributed by atoms with E-state index in [-0.39, 0.29) is 10.6 Å². The Morgan fingerprint density at radius 2 is 2.26 bits per heavy atom. The number of hydrogen-bond donors (Lipinski definition) is 1. The summed E-state index contributed by atoms with van der Waals surface area (Å²) in [6.45, 7) is 4.20. The molecular formula is C14H21N3O2. The second-order valence-corrected chi connectivity index (χ2v) is 5.11. The van der Waals surface area contributed by atoms with Crippen molar-refractivity contribution in [3.05, 3.63) is 28.3 Å². The molecule has 19 heavy (non-hydrogen) atoms. The summed E-state index contributed by atoms with van der Waals surface area (Å²) in [5.74, 6) is 0.700. The Bertz CT molecular complexity index is 462. The van der Waals surface area contributed by atoms with Crippen LogP contribution in [0.1, 0.15) is 26.2 Å². The van der Waals surface area contributed by atoms with Gasteiger partial charge in [0.2, 0.25) is 0 Å². The van der Waals surface area contributed by atoms with Gasteiger partial charge in [-0.2, -0.15) is 0 Å². The van der Waals surface area contributed by atoms with E-state index in [2.05, 4.69) is 17.1 Å². The van der Waals surface area contributed by atoms with Gasteiger partial charge in [-0.15, -0.1) is 0 Å². The van der Waals surface area contributed by atoms with Crippen LogP contribution >= 0.6 is 0 Å². The fourth-order valence-electron chi connectivity index (χ4n) is 2.66. The molecule has 0 radical (unpaired) electrons. The number of piperidine rings is 1. The van der Waals surface area contributed by atoms with E-state index in [9.17, 15) is 10.1 Å². The smallest absolute Gasteiger partial charge is 0.273 e. The van der Waals surface area contributed by atoms with Crippen molar-refractivity contribution in [2.24, 2.45) is 5.92 Å². The van der Waals surface area contributed by atoms with Crippen LogP contribution in [0.25, 0.3) is 0 Å². The summed E-state index contributed by atoms with van der Waals surface area (Å²) >= 11 is 0. The first-order valence-corrected chi connectivity index (χ1v) is 6.86. The highest BCUT2D eigenvalue weighted by Crippen LogP contribution is 2.30. The molecule has 0 aromatic heterocycles. The molecule has 0 aliphatic carbocycles. The van der Waals surface area contributed by atoms with Crippen molar-refractivity contribution < 1.29 is 4.92 Å². The second-order valence-electron chi connectivity index (χ2n) is 5.11. The first-order valence-electron chi connectivity index (χ1n) is 6.86. The zero-order valence-electron chi connectivity index (χ0n) is 11.6. The lowest BCUT2D eigenvalue weighted by Crippen LogP contribution is -2.35. The molecular weight excluding hydrogens is 242 g/mol. The minimum atomic E-state index is -0.328. The molecule has 1 saturated heterocycles. The van der Waals surface area contributed by atoms with Gasteiger partial charge in [-0.3, -0.25) is 10.1 Å². The van der Waals surface area contributed by atoms with Gasteiger partial charge >= 0.3 is 0 Å². The second kappa shape index (κ2) is 5.91. The van der Waals surface area contributed by atoms with Crippen molar-refractivity contribution in [3.63, 3.8) is 0 Å². The predicted octanol–water partition coefficient (Wildman–Crippen LogP) is 3.26. The summed E-state index contributed by atoms with van der Waals surface area (Å²) in [4.78, 5) is 12.9. The number of nitrogens with zero attached hydrogens (tertiary/aromatic N) is 2. The summed E-state index contributed by atoms with van der Waals surface area (Å²) in [7, 11) is 1.79. The van der Waals surface area contributed by atoms with Crippen LogP contribution in [0.4, 0.5) is 17.1 Å². The number of benzene rings is 1. The minimum Gasteiger partial charge on any atom is -0.388 e. The Balaban J connectivity index is 2.27. The quantitative estimate of drug-likeness (QED) is 0.669. The van der Waals surface area contributed by atoms with Crippen LogP contribution in [0.2, 0.25) is 0 Å². The molecule has 0 spiro atoms. The third-order valence-electron chi connectivity index (χ3n) is 3.86. The van der Waals surface area contributed by atoms with Crippen LogP contribution in [-0.2, 0) is 0 Å². The maximum Gasteiger partial charge on any atom is 0.273 e. The maximum atomic E-state index is 11.0. The molecule has 1 unspecified atom stereocenters. The molecule has 1 aromatic rings. The number of hydrogen-bond acceptors (Lipinski definition) is 4. The monoisotopic (exact) mass is 263 g/mol. The summed E-state index contributed by atoms with van der Waals surface area (Å²) in [5.41, 5.74) is 1.90. The minimum absolute atomic E-state index is 0.153. The van der Waals surface area contributed by atoms with Gasteiger partial charge in [0.05, 0.1) is 4.92 Å². The van der Waals surface area contributed by atoms with Crippen molar-refractivity contribution in [2.75, 3.05) is 30.4 Å². The number of rotatable bonds is 4. The third kappa shape index (κ3) is 3.16. The van der Waals surface area contributed by atoms with Gasteiger partial charge < -0.3 is 10.2 Å². The van der Waals surface area contributed by atoms with Crippen LogP contribution in [0.5, 0.6) is 0 Å². The van der Waals surface area contributed by atoms with Crippen LogP contribution < -0.4 is 10.2 Å². The molecule has 1 fully saturated rings. The molecule has 2 rings (SSSR count). The SMILES string of the molecule is CCC1CCCN(c2cc(NC)cc([N+](=O)[O-])c2)C1. The van der Waals surface area contributed by atoms with Crippen molar-refractivity contribution in [2.45, 2.75) is 26.2 Å². The number of nitro benzene ring substituents is 1. The summed E-state index contributed by atoms with van der Waals surface area (Å²) in [6, 6.07) is 5.24. The normalized spacial score (nSPS) is 19.3. The Kier molecular flexibility index (Phi) is 4.24. The molecule has 1 aliphatic rings. The average molecular weight is 263 g/mol. The van der Waals surface area contributed by atoms with Gasteiger partial charge in [0, 0.05) is 43.6 Å². The molecule has 1 N–H and O–H groups in total. The number of anilines is 2. The molecule has 1 heterocycles. The first kappa shape index (κ1) is 13.6. The van der Waals surface area contributed by atoms with Gasteiger partial charge in [0.15, 0.2) is 0 Å². The molecule has 5 nitrogen and oxygen atoms in total. The summed E-state index contributed by atoms with van der Waals surface area (Å²) < 4.78 is 0. The maximum absolute atomic E-state index is 11.0. The molecule has 0 amide bonds. The fourth-order valence-corrected chi connectivity index (χ4v) is 2.66. The van der Waals surface area contributed by atoms with Crippen molar-refractivity contribution >= 4 is 17.1 Å². The molecule has 0 bridgehead atoms. The number of nitro groups is 1. The van der Waals surface area contributed by atoms with Gasteiger partial charge in [-0.05, 0) is 24.8 Å². The van der Waals surface area contributed by atoms with Crippen molar-refractivity contribution in [1.29, 1.82) is 0 Å². The largest absolute Gasteiger partial charge is 0.388 e. The van der Waals surface area contributed by atoms with Gasteiger partial charge in [-0.1, -0.05) is 13.3 Å². The van der Waals surface area contributed by atoms with E-state index >= 15 is 0 Å². The third-order valence-corrected chi connectivity index (χ3v) is 3.86. The Labute approximate surface area is 113 Å². The van der Waals surface area contributed by atoms with E-state index in [1.807, 2.05) is 6.07 Å². The van der Waals surface area contributed by atoms with E-state index in [0.29, 0.717) is 5.92 Å².